The first-order chi connectivity index (χ1) is 12.1. The van der Waals surface area contributed by atoms with Crippen molar-refractivity contribution in [2.75, 3.05) is 4.72 Å². The fourth-order valence-corrected chi connectivity index (χ4v) is 6.01. The largest absolute Gasteiger partial charge is 0.356 e. The molecule has 2 aromatic heterocycles. The van der Waals surface area contributed by atoms with Crippen LogP contribution in [0.4, 0.5) is 5.69 Å². The van der Waals surface area contributed by atoms with Crippen molar-refractivity contribution in [1.29, 1.82) is 0 Å². The maximum absolute atomic E-state index is 13.2. The van der Waals surface area contributed by atoms with E-state index in [0.717, 1.165) is 32.1 Å². The van der Waals surface area contributed by atoms with Gasteiger partial charge in [0.15, 0.2) is 5.76 Å². The van der Waals surface area contributed by atoms with Crippen LogP contribution in [0, 0.1) is 41.5 Å². The summed E-state index contributed by atoms with van der Waals surface area (Å²) in [6, 6.07) is 5.64. The number of aryl methyl sites for hydroxylation is 5. The summed E-state index contributed by atoms with van der Waals surface area (Å²) >= 11 is 1.45. The van der Waals surface area contributed by atoms with E-state index in [9.17, 15) is 8.42 Å². The van der Waals surface area contributed by atoms with Crippen molar-refractivity contribution in [1.82, 2.24) is 5.16 Å². The summed E-state index contributed by atoms with van der Waals surface area (Å²) in [7, 11) is -3.77. The summed E-state index contributed by atoms with van der Waals surface area (Å²) in [5.74, 6) is 0.519. The molecule has 1 N–H and O–H groups in total. The van der Waals surface area contributed by atoms with Gasteiger partial charge in [0.25, 0.3) is 10.0 Å². The molecule has 0 atom stereocenters. The predicted molar refractivity (Wildman–Crippen MR) is 105 cm³/mol. The highest BCUT2D eigenvalue weighted by Crippen LogP contribution is 2.41. The lowest BCUT2D eigenvalue weighted by atomic mass is 10.1. The van der Waals surface area contributed by atoms with Crippen LogP contribution in [0.15, 0.2) is 27.6 Å². The molecule has 1 aromatic carbocycles. The van der Waals surface area contributed by atoms with Gasteiger partial charge in [0.1, 0.15) is 4.90 Å². The number of benzene rings is 1. The van der Waals surface area contributed by atoms with Crippen LogP contribution in [0.25, 0.3) is 11.3 Å². The average Bonchev–Trinajstić information content (AvgIpc) is 3.02. The smallest absolute Gasteiger partial charge is 0.263 e. The second-order valence-corrected chi connectivity index (χ2v) is 9.61. The van der Waals surface area contributed by atoms with Crippen LogP contribution in [0.5, 0.6) is 0 Å². The van der Waals surface area contributed by atoms with Crippen molar-refractivity contribution < 1.29 is 12.9 Å². The Hall–Kier alpha value is -2.12. The fraction of sp³-hybridized carbons (Fsp3) is 0.316. The molecule has 138 valence electrons. The van der Waals surface area contributed by atoms with E-state index in [0.29, 0.717) is 17.0 Å². The van der Waals surface area contributed by atoms with E-state index in [4.69, 9.17) is 4.52 Å². The van der Waals surface area contributed by atoms with Crippen LogP contribution in [0.1, 0.15) is 32.1 Å². The minimum atomic E-state index is -3.77. The Bertz CT molecular complexity index is 1090. The zero-order valence-electron chi connectivity index (χ0n) is 15.7. The second-order valence-electron chi connectivity index (χ2n) is 6.56. The Morgan fingerprint density at radius 1 is 1.04 bits per heavy atom. The summed E-state index contributed by atoms with van der Waals surface area (Å²) in [6.45, 7) is 11.3. The molecule has 26 heavy (non-hydrogen) atoms. The van der Waals surface area contributed by atoms with E-state index in [1.807, 2.05) is 53.7 Å². The summed E-state index contributed by atoms with van der Waals surface area (Å²) in [6.07, 6.45) is 0. The first-order valence-corrected chi connectivity index (χ1v) is 10.5. The molecule has 0 spiro atoms. The van der Waals surface area contributed by atoms with E-state index in [-0.39, 0.29) is 4.90 Å². The lowest BCUT2D eigenvalue weighted by Gasteiger charge is -2.12. The van der Waals surface area contributed by atoms with Gasteiger partial charge in [0.2, 0.25) is 0 Å². The van der Waals surface area contributed by atoms with Crippen molar-refractivity contribution in [3.8, 4) is 11.3 Å². The summed E-state index contributed by atoms with van der Waals surface area (Å²) < 4.78 is 34.6. The number of hydrogen-bond donors (Lipinski definition) is 1. The zero-order chi connectivity index (χ0) is 19.2. The van der Waals surface area contributed by atoms with Gasteiger partial charge < -0.3 is 4.52 Å². The van der Waals surface area contributed by atoms with Gasteiger partial charge in [-0.2, -0.15) is 0 Å². The highest BCUT2D eigenvalue weighted by Gasteiger charge is 2.30. The number of aromatic nitrogens is 1. The van der Waals surface area contributed by atoms with Gasteiger partial charge in [0, 0.05) is 15.3 Å². The van der Waals surface area contributed by atoms with E-state index in [1.54, 1.807) is 6.07 Å². The maximum Gasteiger partial charge on any atom is 0.263 e. The van der Waals surface area contributed by atoms with Gasteiger partial charge in [0.05, 0.1) is 16.9 Å². The van der Waals surface area contributed by atoms with Gasteiger partial charge in [-0.3, -0.25) is 4.72 Å². The molecule has 3 rings (SSSR count). The number of nitrogens with one attached hydrogen (secondary N) is 1. The summed E-state index contributed by atoms with van der Waals surface area (Å²) in [5.41, 5.74) is 4.76. The van der Waals surface area contributed by atoms with Gasteiger partial charge in [-0.05, 0) is 53.2 Å². The Morgan fingerprint density at radius 2 is 1.73 bits per heavy atom. The Kier molecular flexibility index (Phi) is 4.71. The molecule has 0 amide bonds. The van der Waals surface area contributed by atoms with Crippen molar-refractivity contribution in [3.63, 3.8) is 0 Å². The topological polar surface area (TPSA) is 72.2 Å². The third kappa shape index (κ3) is 3.17. The lowest BCUT2D eigenvalue weighted by Crippen LogP contribution is -2.15. The van der Waals surface area contributed by atoms with Crippen LogP contribution in [0.2, 0.25) is 0 Å². The number of rotatable bonds is 4. The molecule has 0 aliphatic rings. The number of thiophene rings is 1. The molecule has 5 nitrogen and oxygen atoms in total. The fourth-order valence-electron chi connectivity index (χ4n) is 3.02. The third-order valence-corrected chi connectivity index (χ3v) is 7.17. The van der Waals surface area contributed by atoms with Crippen molar-refractivity contribution in [2.45, 2.75) is 46.4 Å². The Morgan fingerprint density at radius 3 is 2.31 bits per heavy atom. The van der Waals surface area contributed by atoms with Gasteiger partial charge >= 0.3 is 0 Å². The molecule has 0 saturated heterocycles. The highest BCUT2D eigenvalue weighted by atomic mass is 32.2. The van der Waals surface area contributed by atoms with Crippen LogP contribution < -0.4 is 4.72 Å². The number of nitrogens with zero attached hydrogens (tertiary/aromatic N) is 1. The molecule has 2 heterocycles. The predicted octanol–water partition coefficient (Wildman–Crippen LogP) is 5.05. The van der Waals surface area contributed by atoms with Crippen molar-refractivity contribution >= 4 is 27.0 Å². The quantitative estimate of drug-likeness (QED) is 0.676. The second kappa shape index (κ2) is 6.55. The Balaban J connectivity index is 2.15. The van der Waals surface area contributed by atoms with Crippen molar-refractivity contribution in [3.05, 3.63) is 50.3 Å². The van der Waals surface area contributed by atoms with Crippen LogP contribution >= 0.6 is 11.3 Å². The van der Waals surface area contributed by atoms with Crippen LogP contribution in [-0.2, 0) is 10.0 Å². The molecule has 0 radical (unpaired) electrons. The average molecular weight is 391 g/mol. The van der Waals surface area contributed by atoms with E-state index in [2.05, 4.69) is 9.88 Å². The molecule has 0 unspecified atom stereocenters. The van der Waals surface area contributed by atoms with Gasteiger partial charge in [-0.1, -0.05) is 22.9 Å². The van der Waals surface area contributed by atoms with Crippen LogP contribution in [0.3, 0.4) is 0 Å². The molecule has 3 aromatic rings. The number of hydrogen-bond acceptors (Lipinski definition) is 5. The molecular weight excluding hydrogens is 368 g/mol. The van der Waals surface area contributed by atoms with Crippen LogP contribution in [-0.4, -0.2) is 13.6 Å². The third-order valence-electron chi connectivity index (χ3n) is 4.48. The minimum Gasteiger partial charge on any atom is -0.356 e. The normalized spacial score (nSPS) is 11.8. The molecule has 0 fully saturated rings. The first-order valence-electron chi connectivity index (χ1n) is 8.25. The SMILES string of the molecule is Cc1ccc(NS(=O)(=O)c2c(C)sc(C)c2-c2onc(C)c2C)c(C)c1. The zero-order valence-corrected chi connectivity index (χ0v) is 17.4. The number of sulfonamides is 1. The standard InChI is InChI=1S/C19H22N2O3S2/c1-10-7-8-16(11(2)9-10)21-26(22,23)19-15(6)25-14(5)17(19)18-12(3)13(4)20-24-18/h7-9,21H,1-6H3. The number of anilines is 1. The molecule has 0 saturated carbocycles. The molecule has 0 aliphatic heterocycles. The minimum absolute atomic E-state index is 0.263. The molecule has 7 heteroatoms. The van der Waals surface area contributed by atoms with Gasteiger partial charge in [-0.15, -0.1) is 11.3 Å². The maximum atomic E-state index is 13.2. The molecular formula is C19H22N2O3S2. The molecule has 0 aliphatic carbocycles. The van der Waals surface area contributed by atoms with Gasteiger partial charge in [-0.25, -0.2) is 8.42 Å². The first kappa shape index (κ1) is 18.7. The monoisotopic (exact) mass is 390 g/mol. The Labute approximate surface area is 158 Å². The van der Waals surface area contributed by atoms with E-state index >= 15 is 0 Å². The summed E-state index contributed by atoms with van der Waals surface area (Å²) in [5, 5.41) is 3.99. The van der Waals surface area contributed by atoms with E-state index in [1.165, 1.54) is 11.3 Å². The lowest BCUT2D eigenvalue weighted by molar-refractivity contribution is 0.426. The highest BCUT2D eigenvalue weighted by molar-refractivity contribution is 7.93. The molecule has 0 bridgehead atoms. The summed E-state index contributed by atoms with van der Waals surface area (Å²) in [4.78, 5) is 1.88. The van der Waals surface area contributed by atoms with Crippen molar-refractivity contribution in [2.24, 2.45) is 0 Å². The van der Waals surface area contributed by atoms with E-state index < -0.39 is 10.0 Å².